The van der Waals surface area contributed by atoms with E-state index >= 15 is 0 Å². The molecule has 0 spiro atoms. The van der Waals surface area contributed by atoms with Crippen molar-refractivity contribution in [2.75, 3.05) is 0 Å². The minimum Gasteiger partial charge on any atom is -0.344 e. The largest absolute Gasteiger partial charge is 0.344 e. The van der Waals surface area contributed by atoms with Crippen molar-refractivity contribution in [1.29, 1.82) is 0 Å². The van der Waals surface area contributed by atoms with Gasteiger partial charge in [0.05, 0.1) is 27.6 Å². The van der Waals surface area contributed by atoms with Crippen molar-refractivity contribution in [3.63, 3.8) is 0 Å². The van der Waals surface area contributed by atoms with Crippen LogP contribution in [0.4, 0.5) is 0 Å². The summed E-state index contributed by atoms with van der Waals surface area (Å²) in [4.78, 5) is 12.5. The van der Waals surface area contributed by atoms with Gasteiger partial charge in [0.1, 0.15) is 5.52 Å². The van der Waals surface area contributed by atoms with Crippen LogP contribution in [0.2, 0.25) is 0 Å². The zero-order valence-electron chi connectivity index (χ0n) is 16.0. The van der Waals surface area contributed by atoms with Crippen molar-refractivity contribution in [2.45, 2.75) is 24.0 Å². The second kappa shape index (κ2) is 7.53. The van der Waals surface area contributed by atoms with E-state index in [9.17, 15) is 8.42 Å². The van der Waals surface area contributed by atoms with Crippen LogP contribution in [-0.2, 0) is 9.84 Å². The third kappa shape index (κ3) is 3.78. The Hall–Kier alpha value is -3.43. The molecule has 0 radical (unpaired) electrons. The van der Waals surface area contributed by atoms with Crippen LogP contribution in [0.25, 0.3) is 22.4 Å². The second-order valence-electron chi connectivity index (χ2n) is 6.89. The van der Waals surface area contributed by atoms with Gasteiger partial charge < -0.3 is 4.98 Å². The molecule has 0 bridgehead atoms. The van der Waals surface area contributed by atoms with Crippen molar-refractivity contribution < 1.29 is 8.42 Å². The monoisotopic (exact) mass is 401 g/mol. The fraction of sp³-hybridized carbons (Fsp3) is 0.130. The number of nitrogens with one attached hydrogen (secondary N) is 1. The summed E-state index contributed by atoms with van der Waals surface area (Å²) in [5, 5.41) is -0.463. The molecule has 2 heterocycles. The minimum absolute atomic E-state index is 0.307. The predicted octanol–water partition coefficient (Wildman–Crippen LogP) is 4.21. The highest BCUT2D eigenvalue weighted by Crippen LogP contribution is 2.23. The van der Waals surface area contributed by atoms with E-state index in [1.165, 1.54) is 0 Å². The number of hydrogen-bond donors (Lipinski definition) is 1. The molecule has 2 aromatic heterocycles. The van der Waals surface area contributed by atoms with Crippen LogP contribution in [0.5, 0.6) is 0 Å². The highest BCUT2D eigenvalue weighted by atomic mass is 32.2. The molecule has 4 rings (SSSR count). The molecule has 0 fully saturated rings. The van der Waals surface area contributed by atoms with Gasteiger partial charge in [0.25, 0.3) is 0 Å². The summed E-state index contributed by atoms with van der Waals surface area (Å²) in [6, 6.07) is 16.5. The van der Waals surface area contributed by atoms with Gasteiger partial charge in [0, 0.05) is 17.3 Å². The minimum atomic E-state index is -3.30. The normalized spacial score (nSPS) is 11.4. The lowest BCUT2D eigenvalue weighted by Crippen LogP contribution is -2.13. The van der Waals surface area contributed by atoms with E-state index in [0.29, 0.717) is 21.8 Å². The van der Waals surface area contributed by atoms with Crippen molar-refractivity contribution >= 4 is 21.0 Å². The van der Waals surface area contributed by atoms with Crippen molar-refractivity contribution in [2.24, 2.45) is 0 Å². The van der Waals surface area contributed by atoms with Crippen molar-refractivity contribution in [3.8, 4) is 23.1 Å². The fourth-order valence-electron chi connectivity index (χ4n) is 2.87. The highest BCUT2D eigenvalue weighted by molar-refractivity contribution is 7.92. The molecule has 1 N–H and O–H groups in total. The topological polar surface area (TPSA) is 75.7 Å². The Kier molecular flexibility index (Phi) is 4.91. The molecule has 0 unspecified atom stereocenters. The van der Waals surface area contributed by atoms with Gasteiger partial charge in [0.15, 0.2) is 15.5 Å². The van der Waals surface area contributed by atoms with E-state index in [0.717, 1.165) is 16.7 Å². The molecule has 0 aliphatic carbocycles. The smallest absolute Gasteiger partial charge is 0.180 e. The van der Waals surface area contributed by atoms with Gasteiger partial charge >= 0.3 is 0 Å². The summed E-state index contributed by atoms with van der Waals surface area (Å²) in [6.45, 7) is 3.35. The summed E-state index contributed by atoms with van der Waals surface area (Å²) in [7, 11) is -3.30. The molecule has 0 atom stereocenters. The van der Waals surface area contributed by atoms with Gasteiger partial charge in [-0.1, -0.05) is 42.2 Å². The molecule has 6 heteroatoms. The lowest BCUT2D eigenvalue weighted by atomic mass is 10.1. The molecule has 0 aliphatic rings. The number of aromatic amines is 1. The van der Waals surface area contributed by atoms with Crippen molar-refractivity contribution in [1.82, 2.24) is 15.0 Å². The number of rotatable bonds is 3. The number of benzene rings is 2. The van der Waals surface area contributed by atoms with Crippen LogP contribution in [-0.4, -0.2) is 28.6 Å². The van der Waals surface area contributed by atoms with Crippen molar-refractivity contribution in [3.05, 3.63) is 78.1 Å². The Morgan fingerprint density at radius 2 is 1.69 bits per heavy atom. The first-order valence-corrected chi connectivity index (χ1v) is 10.8. The van der Waals surface area contributed by atoms with Gasteiger partial charge in [0.2, 0.25) is 0 Å². The number of hydrogen-bond acceptors (Lipinski definition) is 4. The van der Waals surface area contributed by atoms with Gasteiger partial charge in [-0.05, 0) is 38.1 Å². The maximum absolute atomic E-state index is 12.3. The average molecular weight is 401 g/mol. The first kappa shape index (κ1) is 18.9. The molecule has 29 heavy (non-hydrogen) atoms. The van der Waals surface area contributed by atoms with E-state index in [2.05, 4.69) is 21.8 Å². The SMILES string of the molecule is CC(C)S(=O)(=O)c1ccc(-c2cnc3[nH]cc(C#Cc4ccccc4)c3n2)cc1. The van der Waals surface area contributed by atoms with E-state index in [1.54, 1.807) is 50.5 Å². The second-order valence-corrected chi connectivity index (χ2v) is 9.39. The number of fused-ring (bicyclic) bond motifs is 1. The maximum atomic E-state index is 12.3. The van der Waals surface area contributed by atoms with Crippen LogP contribution >= 0.6 is 0 Å². The molecular weight excluding hydrogens is 382 g/mol. The number of sulfone groups is 1. The standard InChI is InChI=1S/C23H19N3O2S/c1-16(2)29(27,28)20-12-10-18(11-13-20)21-15-25-23-22(26-21)19(14-24-23)9-8-17-6-4-3-5-7-17/h3-7,10-16H,1-2H3,(H,24,25). The van der Waals surface area contributed by atoms with Gasteiger partial charge in [-0.15, -0.1) is 0 Å². The quantitative estimate of drug-likeness (QED) is 0.522. The fourth-order valence-corrected chi connectivity index (χ4v) is 3.93. The summed E-state index contributed by atoms with van der Waals surface area (Å²) >= 11 is 0. The molecule has 0 aliphatic heterocycles. The lowest BCUT2D eigenvalue weighted by molar-refractivity contribution is 0.587. The number of nitrogens with zero attached hydrogens (tertiary/aromatic N) is 2. The summed E-state index contributed by atoms with van der Waals surface area (Å²) < 4.78 is 24.6. The third-order valence-electron chi connectivity index (χ3n) is 4.60. The van der Waals surface area contributed by atoms with Crippen LogP contribution in [0, 0.1) is 11.8 Å². The van der Waals surface area contributed by atoms with Crippen LogP contribution in [0.1, 0.15) is 25.0 Å². The zero-order valence-corrected chi connectivity index (χ0v) is 16.9. The lowest BCUT2D eigenvalue weighted by Gasteiger charge is -2.08. The molecule has 0 amide bonds. The van der Waals surface area contributed by atoms with E-state index in [1.807, 2.05) is 30.3 Å². The van der Waals surface area contributed by atoms with Crippen LogP contribution < -0.4 is 0 Å². The summed E-state index contributed by atoms with van der Waals surface area (Å²) in [5.41, 5.74) is 4.48. The maximum Gasteiger partial charge on any atom is 0.180 e. The first-order chi connectivity index (χ1) is 13.9. The molecule has 5 nitrogen and oxygen atoms in total. The molecule has 4 aromatic rings. The Bertz CT molecular complexity index is 1330. The summed E-state index contributed by atoms with van der Waals surface area (Å²) in [6.07, 6.45) is 3.46. The molecule has 144 valence electrons. The highest BCUT2D eigenvalue weighted by Gasteiger charge is 2.19. The Labute approximate surface area is 169 Å². The molecule has 0 saturated carbocycles. The average Bonchev–Trinajstić information content (AvgIpc) is 3.15. The Balaban J connectivity index is 1.70. The van der Waals surface area contributed by atoms with Gasteiger partial charge in [-0.25, -0.2) is 18.4 Å². The first-order valence-electron chi connectivity index (χ1n) is 9.20. The zero-order chi connectivity index (χ0) is 20.4. The Morgan fingerprint density at radius 3 is 2.38 bits per heavy atom. The Morgan fingerprint density at radius 1 is 0.966 bits per heavy atom. The molecular formula is C23H19N3O2S. The van der Waals surface area contributed by atoms with Crippen LogP contribution in [0.3, 0.4) is 0 Å². The molecule has 2 aromatic carbocycles. The van der Waals surface area contributed by atoms with Crippen LogP contribution in [0.15, 0.2) is 71.9 Å². The number of aromatic nitrogens is 3. The van der Waals surface area contributed by atoms with Gasteiger partial charge in [-0.3, -0.25) is 0 Å². The predicted molar refractivity (Wildman–Crippen MR) is 114 cm³/mol. The third-order valence-corrected chi connectivity index (χ3v) is 6.77. The van der Waals surface area contributed by atoms with E-state index in [4.69, 9.17) is 4.98 Å². The van der Waals surface area contributed by atoms with Gasteiger partial charge in [-0.2, -0.15) is 0 Å². The number of H-pyrrole nitrogens is 1. The summed E-state index contributed by atoms with van der Waals surface area (Å²) in [5.74, 6) is 6.27. The van der Waals surface area contributed by atoms with E-state index in [-0.39, 0.29) is 0 Å². The van der Waals surface area contributed by atoms with E-state index < -0.39 is 15.1 Å². The molecule has 0 saturated heterocycles.